The Labute approximate surface area is 155 Å². The van der Waals surface area contributed by atoms with Crippen molar-refractivity contribution in [3.05, 3.63) is 59.4 Å². The fourth-order valence-electron chi connectivity index (χ4n) is 2.32. The molecule has 0 aliphatic rings. The van der Waals surface area contributed by atoms with Crippen LogP contribution >= 0.6 is 11.6 Å². The molecule has 0 unspecified atom stereocenters. The summed E-state index contributed by atoms with van der Waals surface area (Å²) in [6.45, 7) is 2.34. The lowest BCUT2D eigenvalue weighted by Crippen LogP contribution is -2.10. The lowest BCUT2D eigenvalue weighted by atomic mass is 10.2. The summed E-state index contributed by atoms with van der Waals surface area (Å²) < 4.78 is 12.5. The molecular formula is C18H17ClN4O3. The smallest absolute Gasteiger partial charge is 0.311 e. The van der Waals surface area contributed by atoms with Gasteiger partial charge in [0.2, 0.25) is 0 Å². The van der Waals surface area contributed by atoms with Gasteiger partial charge in [0.25, 0.3) is 0 Å². The third-order valence-corrected chi connectivity index (χ3v) is 3.82. The maximum absolute atomic E-state index is 12.0. The van der Waals surface area contributed by atoms with Gasteiger partial charge in [0.1, 0.15) is 17.8 Å². The molecular weight excluding hydrogens is 356 g/mol. The Balaban J connectivity index is 1.46. The molecule has 1 heterocycles. The molecule has 3 aromatic rings. The highest BCUT2D eigenvalue weighted by Gasteiger charge is 2.07. The number of rotatable bonds is 7. The summed E-state index contributed by atoms with van der Waals surface area (Å²) >= 11 is 5.91. The predicted molar refractivity (Wildman–Crippen MR) is 95.7 cm³/mol. The summed E-state index contributed by atoms with van der Waals surface area (Å²) in [6, 6.07) is 12.4. The van der Waals surface area contributed by atoms with E-state index in [1.165, 1.54) is 11.0 Å². The molecule has 0 fully saturated rings. The third kappa shape index (κ3) is 4.80. The number of carbonyl (C=O) groups is 1. The summed E-state index contributed by atoms with van der Waals surface area (Å²) in [5.74, 6) is 0.879. The molecule has 0 atom stereocenters. The molecule has 0 N–H and O–H groups in total. The van der Waals surface area contributed by atoms with E-state index in [-0.39, 0.29) is 12.4 Å². The van der Waals surface area contributed by atoms with Crippen molar-refractivity contribution >= 4 is 17.6 Å². The highest BCUT2D eigenvalue weighted by Crippen LogP contribution is 2.22. The van der Waals surface area contributed by atoms with Crippen molar-refractivity contribution in [2.75, 3.05) is 6.61 Å². The third-order valence-electron chi connectivity index (χ3n) is 3.58. The zero-order valence-corrected chi connectivity index (χ0v) is 14.9. The van der Waals surface area contributed by atoms with Gasteiger partial charge in [-0.2, -0.15) is 0 Å². The molecule has 8 heteroatoms. The molecule has 134 valence electrons. The molecule has 0 spiro atoms. The Morgan fingerprint density at radius 3 is 2.88 bits per heavy atom. The Hall–Kier alpha value is -2.93. The van der Waals surface area contributed by atoms with Crippen LogP contribution in [0.25, 0.3) is 5.69 Å². The minimum Gasteiger partial charge on any atom is -0.493 e. The predicted octanol–water partition coefficient (Wildman–Crippen LogP) is 3.39. The zero-order valence-electron chi connectivity index (χ0n) is 14.1. The highest BCUT2D eigenvalue weighted by molar-refractivity contribution is 6.30. The second kappa shape index (κ2) is 8.44. The summed E-state index contributed by atoms with van der Waals surface area (Å²) in [5.41, 5.74) is 1.67. The van der Waals surface area contributed by atoms with Gasteiger partial charge in [-0.05, 0) is 59.7 Å². The molecule has 0 aliphatic heterocycles. The van der Waals surface area contributed by atoms with Gasteiger partial charge in [-0.3, -0.25) is 4.79 Å². The van der Waals surface area contributed by atoms with Crippen molar-refractivity contribution in [3.8, 4) is 17.2 Å². The van der Waals surface area contributed by atoms with E-state index in [2.05, 4.69) is 15.5 Å². The van der Waals surface area contributed by atoms with Crippen LogP contribution in [0.1, 0.15) is 18.4 Å². The Morgan fingerprint density at radius 1 is 1.23 bits per heavy atom. The van der Waals surface area contributed by atoms with Gasteiger partial charge in [-0.1, -0.05) is 17.7 Å². The van der Waals surface area contributed by atoms with E-state index in [0.717, 1.165) is 11.3 Å². The van der Waals surface area contributed by atoms with Crippen molar-refractivity contribution in [2.45, 2.75) is 19.8 Å². The average molecular weight is 373 g/mol. The first-order valence-corrected chi connectivity index (χ1v) is 8.43. The molecule has 0 saturated heterocycles. The first-order valence-electron chi connectivity index (χ1n) is 8.05. The minimum absolute atomic E-state index is 0.252. The molecule has 2 aromatic carbocycles. The number of halogens is 1. The van der Waals surface area contributed by atoms with Gasteiger partial charge in [0, 0.05) is 17.5 Å². The van der Waals surface area contributed by atoms with Crippen LogP contribution in [0.15, 0.2) is 48.8 Å². The van der Waals surface area contributed by atoms with Gasteiger partial charge in [-0.15, -0.1) is 5.10 Å². The van der Waals surface area contributed by atoms with Gasteiger partial charge in [0.05, 0.1) is 12.3 Å². The van der Waals surface area contributed by atoms with Crippen LogP contribution < -0.4 is 9.47 Å². The van der Waals surface area contributed by atoms with Gasteiger partial charge in [0.15, 0.2) is 0 Å². The number of ether oxygens (including phenoxy) is 2. The molecule has 0 aliphatic carbocycles. The fourth-order valence-corrected chi connectivity index (χ4v) is 2.55. The van der Waals surface area contributed by atoms with E-state index in [0.29, 0.717) is 29.5 Å². The van der Waals surface area contributed by atoms with Crippen LogP contribution in [-0.4, -0.2) is 32.8 Å². The monoisotopic (exact) mass is 372 g/mol. The number of esters is 1. The lowest BCUT2D eigenvalue weighted by molar-refractivity contribution is -0.134. The van der Waals surface area contributed by atoms with Crippen LogP contribution in [0, 0.1) is 6.92 Å². The Kier molecular flexibility index (Phi) is 5.80. The lowest BCUT2D eigenvalue weighted by Gasteiger charge is -2.09. The number of carbonyl (C=O) groups excluding carboxylic acids is 1. The molecule has 0 bridgehead atoms. The van der Waals surface area contributed by atoms with Crippen LogP contribution in [0.4, 0.5) is 0 Å². The topological polar surface area (TPSA) is 79.1 Å². The van der Waals surface area contributed by atoms with Crippen LogP contribution in [0.2, 0.25) is 5.02 Å². The van der Waals surface area contributed by atoms with Crippen LogP contribution in [0.5, 0.6) is 11.5 Å². The van der Waals surface area contributed by atoms with Gasteiger partial charge < -0.3 is 9.47 Å². The SMILES string of the molecule is Cc1cc(Cl)ccc1OCCCC(=O)Oc1cccc(-n2cnnn2)c1. The Bertz CT molecular complexity index is 884. The minimum atomic E-state index is -0.324. The summed E-state index contributed by atoms with van der Waals surface area (Å²) in [5, 5.41) is 11.6. The maximum atomic E-state index is 12.0. The first-order chi connectivity index (χ1) is 12.6. The van der Waals surface area contributed by atoms with Crippen molar-refractivity contribution in [2.24, 2.45) is 0 Å². The number of aryl methyl sites for hydroxylation is 1. The molecule has 3 rings (SSSR count). The average Bonchev–Trinajstić information content (AvgIpc) is 3.15. The summed E-state index contributed by atoms with van der Waals surface area (Å²) in [6.07, 6.45) is 2.27. The second-order valence-corrected chi connectivity index (χ2v) is 6.02. The fraction of sp³-hybridized carbons (Fsp3) is 0.222. The van der Waals surface area contributed by atoms with E-state index < -0.39 is 0 Å². The first kappa shape index (κ1) is 17.9. The summed E-state index contributed by atoms with van der Waals surface area (Å²) in [7, 11) is 0. The van der Waals surface area contributed by atoms with Crippen LogP contribution in [0.3, 0.4) is 0 Å². The number of tetrazole rings is 1. The number of hydrogen-bond donors (Lipinski definition) is 0. The molecule has 0 saturated carbocycles. The quantitative estimate of drug-likeness (QED) is 0.359. The molecule has 26 heavy (non-hydrogen) atoms. The van der Waals surface area contributed by atoms with Crippen LogP contribution in [-0.2, 0) is 4.79 Å². The number of nitrogens with zero attached hydrogens (tertiary/aromatic N) is 4. The zero-order chi connectivity index (χ0) is 18.4. The normalized spacial score (nSPS) is 10.5. The maximum Gasteiger partial charge on any atom is 0.311 e. The van der Waals surface area contributed by atoms with E-state index in [1.807, 2.05) is 25.1 Å². The van der Waals surface area contributed by atoms with E-state index >= 15 is 0 Å². The van der Waals surface area contributed by atoms with E-state index in [9.17, 15) is 4.79 Å². The number of aromatic nitrogens is 4. The van der Waals surface area contributed by atoms with E-state index in [1.54, 1.807) is 24.3 Å². The molecule has 1 aromatic heterocycles. The number of hydrogen-bond acceptors (Lipinski definition) is 6. The standard InChI is InChI=1S/C18H17ClN4O3/c1-13-10-14(19)7-8-17(13)25-9-3-6-18(24)26-16-5-2-4-15(11-16)23-12-20-21-22-23/h2,4-5,7-8,10-12H,3,6,9H2,1H3. The van der Waals surface area contributed by atoms with Crippen molar-refractivity contribution in [1.82, 2.24) is 20.2 Å². The van der Waals surface area contributed by atoms with Crippen molar-refractivity contribution in [1.29, 1.82) is 0 Å². The van der Waals surface area contributed by atoms with Gasteiger partial charge >= 0.3 is 5.97 Å². The molecule has 0 amide bonds. The summed E-state index contributed by atoms with van der Waals surface area (Å²) in [4.78, 5) is 12.0. The Morgan fingerprint density at radius 2 is 2.12 bits per heavy atom. The second-order valence-electron chi connectivity index (χ2n) is 5.59. The largest absolute Gasteiger partial charge is 0.493 e. The number of benzene rings is 2. The van der Waals surface area contributed by atoms with Gasteiger partial charge in [-0.25, -0.2) is 4.68 Å². The highest BCUT2D eigenvalue weighted by atomic mass is 35.5. The van der Waals surface area contributed by atoms with E-state index in [4.69, 9.17) is 21.1 Å². The van der Waals surface area contributed by atoms with Crippen molar-refractivity contribution < 1.29 is 14.3 Å². The molecule has 7 nitrogen and oxygen atoms in total. The molecule has 0 radical (unpaired) electrons. The van der Waals surface area contributed by atoms with Crippen molar-refractivity contribution in [3.63, 3.8) is 0 Å².